The SMILES string of the molecule is CCOC(=O)c1cccc(N2CCC(C)C2)c1N. The molecule has 1 aromatic carbocycles. The van der Waals surface area contributed by atoms with E-state index in [2.05, 4.69) is 11.8 Å². The van der Waals surface area contributed by atoms with Crippen LogP contribution in [0.2, 0.25) is 0 Å². The summed E-state index contributed by atoms with van der Waals surface area (Å²) in [7, 11) is 0. The Balaban J connectivity index is 2.27. The number of carbonyl (C=O) groups excluding carboxylic acids is 1. The van der Waals surface area contributed by atoms with Crippen LogP contribution in [0.3, 0.4) is 0 Å². The van der Waals surface area contributed by atoms with Crippen molar-refractivity contribution >= 4 is 17.3 Å². The van der Waals surface area contributed by atoms with Crippen molar-refractivity contribution in [3.05, 3.63) is 23.8 Å². The van der Waals surface area contributed by atoms with Crippen molar-refractivity contribution in [2.45, 2.75) is 20.3 Å². The first-order valence-corrected chi connectivity index (χ1v) is 6.44. The summed E-state index contributed by atoms with van der Waals surface area (Å²) < 4.78 is 5.01. The first kappa shape index (κ1) is 12.7. The summed E-state index contributed by atoms with van der Waals surface area (Å²) in [5.74, 6) is 0.333. The Morgan fingerprint density at radius 3 is 2.94 bits per heavy atom. The molecular weight excluding hydrogens is 228 g/mol. The van der Waals surface area contributed by atoms with Crippen LogP contribution in [0.15, 0.2) is 18.2 Å². The van der Waals surface area contributed by atoms with E-state index in [1.165, 1.54) is 6.42 Å². The van der Waals surface area contributed by atoms with Gasteiger partial charge in [0.05, 0.1) is 23.5 Å². The third-order valence-corrected chi connectivity index (χ3v) is 3.34. The molecule has 1 saturated heterocycles. The molecule has 0 saturated carbocycles. The number of carbonyl (C=O) groups is 1. The smallest absolute Gasteiger partial charge is 0.340 e. The van der Waals surface area contributed by atoms with Crippen molar-refractivity contribution in [2.75, 3.05) is 30.3 Å². The summed E-state index contributed by atoms with van der Waals surface area (Å²) in [5, 5.41) is 0. The molecule has 0 amide bonds. The molecule has 0 bridgehead atoms. The number of rotatable bonds is 3. The first-order chi connectivity index (χ1) is 8.63. The largest absolute Gasteiger partial charge is 0.462 e. The van der Waals surface area contributed by atoms with Gasteiger partial charge >= 0.3 is 5.97 Å². The zero-order valence-corrected chi connectivity index (χ0v) is 11.0. The molecule has 1 fully saturated rings. The van der Waals surface area contributed by atoms with E-state index in [1.54, 1.807) is 13.0 Å². The Hall–Kier alpha value is -1.71. The van der Waals surface area contributed by atoms with Gasteiger partial charge in [0.15, 0.2) is 0 Å². The van der Waals surface area contributed by atoms with E-state index in [-0.39, 0.29) is 5.97 Å². The van der Waals surface area contributed by atoms with Gasteiger partial charge in [-0.05, 0) is 31.4 Å². The summed E-state index contributed by atoms with van der Waals surface area (Å²) >= 11 is 0. The van der Waals surface area contributed by atoms with Crippen molar-refractivity contribution in [3.8, 4) is 0 Å². The lowest BCUT2D eigenvalue weighted by Crippen LogP contribution is -2.21. The third-order valence-electron chi connectivity index (χ3n) is 3.34. The maximum Gasteiger partial charge on any atom is 0.340 e. The number of anilines is 2. The number of esters is 1. The van der Waals surface area contributed by atoms with Crippen LogP contribution in [-0.2, 0) is 4.74 Å². The van der Waals surface area contributed by atoms with Gasteiger partial charge in [0.25, 0.3) is 0 Å². The van der Waals surface area contributed by atoms with E-state index in [4.69, 9.17) is 10.5 Å². The molecule has 1 unspecified atom stereocenters. The van der Waals surface area contributed by atoms with Crippen LogP contribution in [0, 0.1) is 5.92 Å². The van der Waals surface area contributed by atoms with Gasteiger partial charge in [0.2, 0.25) is 0 Å². The molecule has 0 aliphatic carbocycles. The number of hydrogen-bond donors (Lipinski definition) is 1. The molecule has 0 radical (unpaired) electrons. The normalized spacial score (nSPS) is 19.0. The molecule has 4 heteroatoms. The van der Waals surface area contributed by atoms with Gasteiger partial charge < -0.3 is 15.4 Å². The predicted octanol–water partition coefficient (Wildman–Crippen LogP) is 2.29. The average molecular weight is 248 g/mol. The molecule has 4 nitrogen and oxygen atoms in total. The van der Waals surface area contributed by atoms with Crippen LogP contribution < -0.4 is 10.6 Å². The molecule has 0 spiro atoms. The van der Waals surface area contributed by atoms with Crippen LogP contribution in [0.5, 0.6) is 0 Å². The highest BCUT2D eigenvalue weighted by molar-refractivity contribution is 5.98. The highest BCUT2D eigenvalue weighted by atomic mass is 16.5. The number of nitrogens with zero attached hydrogens (tertiary/aromatic N) is 1. The first-order valence-electron chi connectivity index (χ1n) is 6.44. The summed E-state index contributed by atoms with van der Waals surface area (Å²) in [6.07, 6.45) is 1.17. The Morgan fingerprint density at radius 1 is 1.56 bits per heavy atom. The average Bonchev–Trinajstić information content (AvgIpc) is 2.76. The minimum Gasteiger partial charge on any atom is -0.462 e. The molecule has 1 heterocycles. The van der Waals surface area contributed by atoms with E-state index >= 15 is 0 Å². The maximum absolute atomic E-state index is 11.8. The summed E-state index contributed by atoms with van der Waals surface area (Å²) in [6, 6.07) is 5.55. The van der Waals surface area contributed by atoms with E-state index in [1.807, 2.05) is 12.1 Å². The summed E-state index contributed by atoms with van der Waals surface area (Å²) in [6.45, 7) is 6.38. The van der Waals surface area contributed by atoms with Crippen molar-refractivity contribution in [1.82, 2.24) is 0 Å². The lowest BCUT2D eigenvalue weighted by molar-refractivity contribution is 0.0527. The van der Waals surface area contributed by atoms with E-state index in [0.29, 0.717) is 23.8 Å². The van der Waals surface area contributed by atoms with Crippen molar-refractivity contribution in [1.29, 1.82) is 0 Å². The van der Waals surface area contributed by atoms with Gasteiger partial charge in [-0.3, -0.25) is 0 Å². The Kier molecular flexibility index (Phi) is 3.75. The lowest BCUT2D eigenvalue weighted by Gasteiger charge is -2.21. The van der Waals surface area contributed by atoms with Crippen molar-refractivity contribution in [2.24, 2.45) is 5.92 Å². The Bertz CT molecular complexity index is 445. The zero-order chi connectivity index (χ0) is 13.1. The number of para-hydroxylation sites is 1. The second kappa shape index (κ2) is 5.29. The number of ether oxygens (including phenoxy) is 1. The summed E-state index contributed by atoms with van der Waals surface area (Å²) in [5.41, 5.74) is 8.05. The Labute approximate surface area is 108 Å². The van der Waals surface area contributed by atoms with Crippen LogP contribution in [0.4, 0.5) is 11.4 Å². The molecule has 1 aliphatic heterocycles. The predicted molar refractivity (Wildman–Crippen MR) is 72.8 cm³/mol. The highest BCUT2D eigenvalue weighted by Gasteiger charge is 2.22. The number of nitrogens with two attached hydrogens (primary N) is 1. The molecule has 18 heavy (non-hydrogen) atoms. The van der Waals surface area contributed by atoms with Crippen LogP contribution in [-0.4, -0.2) is 25.7 Å². The van der Waals surface area contributed by atoms with E-state index in [9.17, 15) is 4.79 Å². The second-order valence-corrected chi connectivity index (χ2v) is 4.80. The van der Waals surface area contributed by atoms with E-state index in [0.717, 1.165) is 18.8 Å². The molecule has 2 N–H and O–H groups in total. The molecule has 98 valence electrons. The lowest BCUT2D eigenvalue weighted by atomic mass is 10.1. The van der Waals surface area contributed by atoms with Crippen LogP contribution in [0.1, 0.15) is 30.6 Å². The van der Waals surface area contributed by atoms with E-state index < -0.39 is 0 Å². The zero-order valence-electron chi connectivity index (χ0n) is 11.0. The molecule has 1 aromatic rings. The molecular formula is C14H20N2O2. The number of benzene rings is 1. The minimum absolute atomic E-state index is 0.343. The van der Waals surface area contributed by atoms with Gasteiger partial charge in [-0.15, -0.1) is 0 Å². The quantitative estimate of drug-likeness (QED) is 0.658. The maximum atomic E-state index is 11.8. The topological polar surface area (TPSA) is 55.6 Å². The highest BCUT2D eigenvalue weighted by Crippen LogP contribution is 2.31. The third kappa shape index (κ3) is 2.42. The minimum atomic E-state index is -0.343. The number of nitrogen functional groups attached to an aromatic ring is 1. The fourth-order valence-electron chi connectivity index (χ4n) is 2.37. The van der Waals surface area contributed by atoms with Gasteiger partial charge in [0.1, 0.15) is 0 Å². The van der Waals surface area contributed by atoms with Gasteiger partial charge in [0, 0.05) is 13.1 Å². The van der Waals surface area contributed by atoms with Crippen molar-refractivity contribution < 1.29 is 9.53 Å². The monoisotopic (exact) mass is 248 g/mol. The van der Waals surface area contributed by atoms with Crippen LogP contribution >= 0.6 is 0 Å². The molecule has 2 rings (SSSR count). The van der Waals surface area contributed by atoms with Crippen molar-refractivity contribution in [3.63, 3.8) is 0 Å². The fourth-order valence-corrected chi connectivity index (χ4v) is 2.37. The van der Waals surface area contributed by atoms with Crippen LogP contribution in [0.25, 0.3) is 0 Å². The second-order valence-electron chi connectivity index (χ2n) is 4.80. The molecule has 0 aromatic heterocycles. The van der Waals surface area contributed by atoms with Gasteiger partial charge in [-0.1, -0.05) is 13.0 Å². The van der Waals surface area contributed by atoms with Gasteiger partial charge in [-0.2, -0.15) is 0 Å². The number of hydrogen-bond acceptors (Lipinski definition) is 4. The summed E-state index contributed by atoms with van der Waals surface area (Å²) in [4.78, 5) is 14.0. The Morgan fingerprint density at radius 2 is 2.33 bits per heavy atom. The molecule has 1 aliphatic rings. The fraction of sp³-hybridized carbons (Fsp3) is 0.500. The van der Waals surface area contributed by atoms with Gasteiger partial charge in [-0.25, -0.2) is 4.79 Å². The standard InChI is InChI=1S/C14H20N2O2/c1-3-18-14(17)11-5-4-6-12(13(11)15)16-8-7-10(2)9-16/h4-6,10H,3,7-9,15H2,1-2H3. The molecule has 1 atom stereocenters.